The van der Waals surface area contributed by atoms with E-state index in [1.165, 1.54) is 4.31 Å². The quantitative estimate of drug-likeness (QED) is 0.906. The van der Waals surface area contributed by atoms with Crippen LogP contribution in [0.15, 0.2) is 53.4 Å². The molecule has 0 aromatic heterocycles. The van der Waals surface area contributed by atoms with Crippen LogP contribution in [0.25, 0.3) is 0 Å². The van der Waals surface area contributed by atoms with Crippen molar-refractivity contribution in [1.29, 1.82) is 0 Å². The standard InChI is InChI=1S/C19H21NO4S/c1-14-8-10-16(11-9-14)25(23,24)20-12-4-5-15(13-19(21)22)17-6-2-3-7-18(17)20/h2-3,6-11,15H,4-5,12-13H2,1H3,(H,21,22)/t15-/m0/s1. The third kappa shape index (κ3) is 3.54. The molecule has 0 fully saturated rings. The molecule has 1 heterocycles. The predicted molar refractivity (Wildman–Crippen MR) is 96.4 cm³/mol. The topological polar surface area (TPSA) is 74.7 Å². The van der Waals surface area contributed by atoms with Gasteiger partial charge < -0.3 is 5.11 Å². The monoisotopic (exact) mass is 359 g/mol. The first-order valence-electron chi connectivity index (χ1n) is 8.30. The first kappa shape index (κ1) is 17.5. The molecule has 0 unspecified atom stereocenters. The molecule has 2 aromatic rings. The van der Waals surface area contributed by atoms with Crippen molar-refractivity contribution in [2.45, 2.75) is 37.0 Å². The Hall–Kier alpha value is -2.34. The first-order chi connectivity index (χ1) is 11.9. The van der Waals surface area contributed by atoms with Crippen LogP contribution in [0.5, 0.6) is 0 Å². The van der Waals surface area contributed by atoms with E-state index in [0.717, 1.165) is 11.1 Å². The van der Waals surface area contributed by atoms with Gasteiger partial charge in [0.15, 0.2) is 0 Å². The van der Waals surface area contributed by atoms with Crippen LogP contribution < -0.4 is 4.31 Å². The molecule has 0 bridgehead atoms. The van der Waals surface area contributed by atoms with Crippen LogP contribution >= 0.6 is 0 Å². The number of carboxylic acids is 1. The van der Waals surface area contributed by atoms with Gasteiger partial charge in [0.05, 0.1) is 17.0 Å². The zero-order valence-corrected chi connectivity index (χ0v) is 14.9. The highest BCUT2D eigenvalue weighted by Crippen LogP contribution is 2.38. The number of sulfonamides is 1. The maximum atomic E-state index is 13.2. The van der Waals surface area contributed by atoms with Crippen molar-refractivity contribution in [1.82, 2.24) is 0 Å². The minimum atomic E-state index is -3.68. The van der Waals surface area contributed by atoms with E-state index in [4.69, 9.17) is 0 Å². The first-order valence-corrected chi connectivity index (χ1v) is 9.74. The summed E-state index contributed by atoms with van der Waals surface area (Å²) in [6, 6.07) is 14.0. The lowest BCUT2D eigenvalue weighted by atomic mass is 9.91. The van der Waals surface area contributed by atoms with E-state index >= 15 is 0 Å². The van der Waals surface area contributed by atoms with Gasteiger partial charge in [-0.3, -0.25) is 9.10 Å². The smallest absolute Gasteiger partial charge is 0.303 e. The van der Waals surface area contributed by atoms with Crippen LogP contribution in [-0.2, 0) is 14.8 Å². The fourth-order valence-corrected chi connectivity index (χ4v) is 4.86. The Labute approximate surface area is 148 Å². The van der Waals surface area contributed by atoms with Gasteiger partial charge in [0, 0.05) is 6.54 Å². The summed E-state index contributed by atoms with van der Waals surface area (Å²) in [5.41, 5.74) is 2.38. The normalized spacial score (nSPS) is 17.6. The minimum absolute atomic E-state index is 0.00936. The number of hydrogen-bond donors (Lipinski definition) is 1. The molecule has 1 aliphatic rings. The fraction of sp³-hybridized carbons (Fsp3) is 0.316. The number of aliphatic carboxylic acids is 1. The SMILES string of the molecule is Cc1ccc(S(=O)(=O)N2CCC[C@@H](CC(=O)O)c3ccccc32)cc1. The van der Waals surface area contributed by atoms with Gasteiger partial charge in [-0.05, 0) is 49.4 Å². The Morgan fingerprint density at radius 1 is 1.16 bits per heavy atom. The second-order valence-corrected chi connectivity index (χ2v) is 8.25. The van der Waals surface area contributed by atoms with Gasteiger partial charge in [0.25, 0.3) is 10.0 Å². The summed E-state index contributed by atoms with van der Waals surface area (Å²) in [7, 11) is -3.68. The molecule has 0 spiro atoms. The molecular formula is C19H21NO4S. The number of hydrogen-bond acceptors (Lipinski definition) is 3. The van der Waals surface area contributed by atoms with E-state index in [-0.39, 0.29) is 17.2 Å². The second kappa shape index (κ2) is 6.88. The Kier molecular flexibility index (Phi) is 4.81. The molecule has 132 valence electrons. The number of rotatable bonds is 4. The van der Waals surface area contributed by atoms with Crippen molar-refractivity contribution in [2.75, 3.05) is 10.8 Å². The number of aryl methyl sites for hydroxylation is 1. The maximum absolute atomic E-state index is 13.2. The van der Waals surface area contributed by atoms with Gasteiger partial charge >= 0.3 is 5.97 Å². The van der Waals surface area contributed by atoms with Crippen LogP contribution in [-0.4, -0.2) is 26.0 Å². The largest absolute Gasteiger partial charge is 0.481 e. The van der Waals surface area contributed by atoms with E-state index in [1.54, 1.807) is 36.4 Å². The van der Waals surface area contributed by atoms with Crippen LogP contribution in [0.2, 0.25) is 0 Å². The molecular weight excluding hydrogens is 338 g/mol. The zero-order chi connectivity index (χ0) is 18.0. The molecule has 1 N–H and O–H groups in total. The van der Waals surface area contributed by atoms with E-state index in [9.17, 15) is 18.3 Å². The van der Waals surface area contributed by atoms with Gasteiger partial charge in [-0.2, -0.15) is 0 Å². The third-order valence-electron chi connectivity index (χ3n) is 4.59. The summed E-state index contributed by atoms with van der Waals surface area (Å²) < 4.78 is 27.7. The Balaban J connectivity index is 2.06. The summed E-state index contributed by atoms with van der Waals surface area (Å²) in [6.07, 6.45) is 1.29. The summed E-state index contributed by atoms with van der Waals surface area (Å²) in [6.45, 7) is 2.26. The average Bonchev–Trinajstić information content (AvgIpc) is 2.75. The number of carbonyl (C=O) groups is 1. The van der Waals surface area contributed by atoms with Crippen LogP contribution in [0.1, 0.15) is 36.3 Å². The molecule has 5 nitrogen and oxygen atoms in total. The van der Waals surface area contributed by atoms with Crippen molar-refractivity contribution in [3.63, 3.8) is 0 Å². The number of nitrogens with zero attached hydrogens (tertiary/aromatic N) is 1. The molecule has 1 aliphatic heterocycles. The molecule has 2 aromatic carbocycles. The highest BCUT2D eigenvalue weighted by Gasteiger charge is 2.31. The van der Waals surface area contributed by atoms with Crippen molar-refractivity contribution in [2.24, 2.45) is 0 Å². The number of carboxylic acid groups (broad SMARTS) is 1. The Morgan fingerprint density at radius 3 is 2.52 bits per heavy atom. The molecule has 0 aliphatic carbocycles. The van der Waals surface area contributed by atoms with Crippen molar-refractivity contribution >= 4 is 21.7 Å². The van der Waals surface area contributed by atoms with E-state index in [0.29, 0.717) is 25.1 Å². The number of anilines is 1. The molecule has 0 saturated carbocycles. The van der Waals surface area contributed by atoms with Crippen molar-refractivity contribution in [3.05, 3.63) is 59.7 Å². The zero-order valence-electron chi connectivity index (χ0n) is 14.1. The van der Waals surface area contributed by atoms with E-state index in [2.05, 4.69) is 0 Å². The molecule has 1 atom stereocenters. The molecule has 0 radical (unpaired) electrons. The third-order valence-corrected chi connectivity index (χ3v) is 6.42. The van der Waals surface area contributed by atoms with Gasteiger partial charge in [-0.1, -0.05) is 35.9 Å². The fourth-order valence-electron chi connectivity index (χ4n) is 3.33. The van der Waals surface area contributed by atoms with Crippen molar-refractivity contribution < 1.29 is 18.3 Å². The molecule has 25 heavy (non-hydrogen) atoms. The molecule has 0 amide bonds. The van der Waals surface area contributed by atoms with Crippen LogP contribution in [0.4, 0.5) is 5.69 Å². The summed E-state index contributed by atoms with van der Waals surface area (Å²) in [4.78, 5) is 11.4. The summed E-state index contributed by atoms with van der Waals surface area (Å²) in [5.74, 6) is -1.04. The summed E-state index contributed by atoms with van der Waals surface area (Å²) >= 11 is 0. The number of para-hydroxylation sites is 1. The van der Waals surface area contributed by atoms with Crippen LogP contribution in [0.3, 0.4) is 0 Å². The van der Waals surface area contributed by atoms with E-state index in [1.807, 2.05) is 19.1 Å². The minimum Gasteiger partial charge on any atom is -0.481 e. The van der Waals surface area contributed by atoms with Gasteiger partial charge in [0.1, 0.15) is 0 Å². The lowest BCUT2D eigenvalue weighted by Gasteiger charge is -2.25. The lowest BCUT2D eigenvalue weighted by Crippen LogP contribution is -2.31. The molecule has 0 saturated heterocycles. The van der Waals surface area contributed by atoms with Crippen LogP contribution in [0, 0.1) is 6.92 Å². The highest BCUT2D eigenvalue weighted by atomic mass is 32.2. The van der Waals surface area contributed by atoms with Gasteiger partial charge in [0.2, 0.25) is 0 Å². The molecule has 6 heteroatoms. The molecule has 3 rings (SSSR count). The van der Waals surface area contributed by atoms with Crippen molar-refractivity contribution in [3.8, 4) is 0 Å². The Morgan fingerprint density at radius 2 is 1.84 bits per heavy atom. The maximum Gasteiger partial charge on any atom is 0.303 e. The Bertz CT molecular complexity index is 875. The highest BCUT2D eigenvalue weighted by molar-refractivity contribution is 7.92. The summed E-state index contributed by atoms with van der Waals surface area (Å²) in [5, 5.41) is 9.18. The lowest BCUT2D eigenvalue weighted by molar-refractivity contribution is -0.137. The number of fused-ring (bicyclic) bond motifs is 1. The predicted octanol–water partition coefficient (Wildman–Crippen LogP) is 3.54. The van der Waals surface area contributed by atoms with Gasteiger partial charge in [-0.15, -0.1) is 0 Å². The number of benzene rings is 2. The van der Waals surface area contributed by atoms with E-state index < -0.39 is 16.0 Å². The van der Waals surface area contributed by atoms with Gasteiger partial charge in [-0.25, -0.2) is 8.42 Å². The average molecular weight is 359 g/mol. The second-order valence-electron chi connectivity index (χ2n) is 6.39.